The van der Waals surface area contributed by atoms with Gasteiger partial charge in [0.1, 0.15) is 0 Å². The standard InChI is InChI=1S/C16H31N5O2S.HI/c1-13(2)19-16(17-9-14-3-8-24(22,23)12-14)18-10-15-11-20-4-6-21(15)7-5-20;/h13-15H,3-12H2,1-2H3,(H2,17,18,19);1H. The largest absolute Gasteiger partial charge is 0.355 e. The lowest BCUT2D eigenvalue weighted by atomic mass is 10.1. The first-order chi connectivity index (χ1) is 11.4. The van der Waals surface area contributed by atoms with Crippen LogP contribution in [-0.4, -0.2) is 93.6 Å². The molecule has 4 heterocycles. The maximum absolute atomic E-state index is 11.6. The number of rotatable bonds is 5. The predicted octanol–water partition coefficient (Wildman–Crippen LogP) is -0.0175. The summed E-state index contributed by atoms with van der Waals surface area (Å²) in [6.07, 6.45) is 0.742. The van der Waals surface area contributed by atoms with E-state index < -0.39 is 9.84 Å². The lowest BCUT2D eigenvalue weighted by molar-refractivity contribution is 0.0154. The molecule has 0 aliphatic carbocycles. The second kappa shape index (κ2) is 9.18. The minimum absolute atomic E-state index is 0. The highest BCUT2D eigenvalue weighted by molar-refractivity contribution is 14.0. The number of hydrogen-bond donors (Lipinski definition) is 2. The number of aliphatic imine (C=N–C) groups is 1. The molecule has 25 heavy (non-hydrogen) atoms. The fourth-order valence-corrected chi connectivity index (χ4v) is 5.64. The zero-order valence-electron chi connectivity index (χ0n) is 15.3. The minimum atomic E-state index is -2.82. The monoisotopic (exact) mass is 485 g/mol. The van der Waals surface area contributed by atoms with Crippen molar-refractivity contribution in [2.75, 3.05) is 57.3 Å². The summed E-state index contributed by atoms with van der Waals surface area (Å²) < 4.78 is 23.2. The van der Waals surface area contributed by atoms with Crippen LogP contribution >= 0.6 is 24.0 Å². The number of hydrogen-bond acceptors (Lipinski definition) is 5. The fraction of sp³-hybridized carbons (Fsp3) is 0.938. The van der Waals surface area contributed by atoms with E-state index in [1.807, 2.05) is 0 Å². The first-order valence-electron chi connectivity index (χ1n) is 9.13. The predicted molar refractivity (Wildman–Crippen MR) is 113 cm³/mol. The van der Waals surface area contributed by atoms with Crippen molar-refractivity contribution in [1.29, 1.82) is 0 Å². The molecule has 2 unspecified atom stereocenters. The Hall–Kier alpha value is -0.130. The van der Waals surface area contributed by atoms with Crippen molar-refractivity contribution in [2.45, 2.75) is 32.4 Å². The highest BCUT2D eigenvalue weighted by Gasteiger charge is 2.32. The normalized spacial score (nSPS) is 34.0. The third-order valence-corrected chi connectivity index (χ3v) is 6.99. The van der Waals surface area contributed by atoms with Crippen LogP contribution in [0.3, 0.4) is 0 Å². The van der Waals surface area contributed by atoms with Crippen molar-refractivity contribution < 1.29 is 8.42 Å². The zero-order valence-corrected chi connectivity index (χ0v) is 18.4. The van der Waals surface area contributed by atoms with Gasteiger partial charge in [-0.25, -0.2) is 8.42 Å². The molecule has 0 amide bonds. The van der Waals surface area contributed by atoms with Crippen molar-refractivity contribution in [2.24, 2.45) is 10.9 Å². The van der Waals surface area contributed by atoms with Crippen molar-refractivity contribution in [3.8, 4) is 0 Å². The van der Waals surface area contributed by atoms with Crippen LogP contribution in [0.5, 0.6) is 0 Å². The molecule has 0 spiro atoms. The molecule has 2 atom stereocenters. The van der Waals surface area contributed by atoms with Gasteiger partial charge in [0.15, 0.2) is 15.8 Å². The number of halogens is 1. The molecule has 0 saturated carbocycles. The van der Waals surface area contributed by atoms with Gasteiger partial charge in [0, 0.05) is 57.9 Å². The topological polar surface area (TPSA) is 77.0 Å². The summed E-state index contributed by atoms with van der Waals surface area (Å²) in [7, 11) is -2.82. The zero-order chi connectivity index (χ0) is 17.2. The minimum Gasteiger partial charge on any atom is -0.355 e. The number of nitrogens with zero attached hydrogens (tertiary/aromatic N) is 3. The molecule has 0 aromatic carbocycles. The van der Waals surface area contributed by atoms with Gasteiger partial charge >= 0.3 is 0 Å². The van der Waals surface area contributed by atoms with Crippen LogP contribution < -0.4 is 10.6 Å². The molecular weight excluding hydrogens is 453 g/mol. The average molecular weight is 485 g/mol. The molecule has 0 aromatic rings. The Kier molecular flexibility index (Phi) is 7.78. The van der Waals surface area contributed by atoms with Gasteiger partial charge < -0.3 is 10.6 Å². The molecular formula is C16H32IN5O2S. The Morgan fingerprint density at radius 1 is 1.24 bits per heavy atom. The van der Waals surface area contributed by atoms with Gasteiger partial charge in [-0.1, -0.05) is 0 Å². The second-order valence-corrected chi connectivity index (χ2v) is 9.86. The Bertz CT molecular complexity index is 561. The molecule has 2 N–H and O–H groups in total. The van der Waals surface area contributed by atoms with E-state index in [0.717, 1.165) is 38.6 Å². The van der Waals surface area contributed by atoms with Crippen molar-refractivity contribution in [3.05, 3.63) is 0 Å². The average Bonchev–Trinajstić information content (AvgIpc) is 2.90. The van der Waals surface area contributed by atoms with E-state index in [4.69, 9.17) is 0 Å². The molecule has 9 heteroatoms. The lowest BCUT2D eigenvalue weighted by Gasteiger charge is -2.47. The third kappa shape index (κ3) is 6.21. The Labute approximate surface area is 168 Å². The number of fused-ring (bicyclic) bond motifs is 3. The molecule has 4 rings (SSSR count). The van der Waals surface area contributed by atoms with Crippen molar-refractivity contribution in [3.63, 3.8) is 0 Å². The molecule has 4 saturated heterocycles. The van der Waals surface area contributed by atoms with Gasteiger partial charge in [-0.05, 0) is 26.2 Å². The van der Waals surface area contributed by atoms with Crippen molar-refractivity contribution in [1.82, 2.24) is 20.4 Å². The van der Waals surface area contributed by atoms with Gasteiger partial charge in [0.2, 0.25) is 0 Å². The van der Waals surface area contributed by atoms with Crippen LogP contribution in [0.4, 0.5) is 0 Å². The molecule has 4 fully saturated rings. The Morgan fingerprint density at radius 2 is 1.96 bits per heavy atom. The first-order valence-corrected chi connectivity index (χ1v) is 10.9. The summed E-state index contributed by atoms with van der Waals surface area (Å²) in [5.74, 6) is 1.59. The molecule has 4 aliphatic rings. The smallest absolute Gasteiger partial charge is 0.191 e. The SMILES string of the molecule is CC(C)NC(=NCC1CCS(=O)(=O)C1)NCC1CN2CCN1CC2.I. The maximum atomic E-state index is 11.6. The van der Waals surface area contributed by atoms with Crippen LogP contribution in [0.1, 0.15) is 20.3 Å². The van der Waals surface area contributed by atoms with Crippen LogP contribution in [-0.2, 0) is 9.84 Å². The van der Waals surface area contributed by atoms with Crippen molar-refractivity contribution >= 4 is 39.8 Å². The molecule has 0 radical (unpaired) electrons. The van der Waals surface area contributed by atoms with E-state index in [1.54, 1.807) is 0 Å². The summed E-state index contributed by atoms with van der Waals surface area (Å²) in [6.45, 7) is 11.5. The molecule has 2 bridgehead atoms. The van der Waals surface area contributed by atoms with Gasteiger partial charge in [0.25, 0.3) is 0 Å². The number of guanidine groups is 1. The first kappa shape index (κ1) is 21.2. The quantitative estimate of drug-likeness (QED) is 0.324. The summed E-state index contributed by atoms with van der Waals surface area (Å²) in [5, 5.41) is 6.84. The number of nitrogens with one attached hydrogen (secondary N) is 2. The third-order valence-electron chi connectivity index (χ3n) is 5.16. The van der Waals surface area contributed by atoms with Crippen LogP contribution in [0, 0.1) is 5.92 Å². The van der Waals surface area contributed by atoms with Gasteiger partial charge in [-0.2, -0.15) is 0 Å². The highest BCUT2D eigenvalue weighted by Crippen LogP contribution is 2.18. The van der Waals surface area contributed by atoms with E-state index in [9.17, 15) is 8.42 Å². The summed E-state index contributed by atoms with van der Waals surface area (Å²) in [4.78, 5) is 9.75. The van der Waals surface area contributed by atoms with E-state index >= 15 is 0 Å². The summed E-state index contributed by atoms with van der Waals surface area (Å²) in [6, 6.07) is 0.842. The molecule has 7 nitrogen and oxygen atoms in total. The Balaban J connectivity index is 0.00000225. The highest BCUT2D eigenvalue weighted by atomic mass is 127. The van der Waals surface area contributed by atoms with E-state index in [0.29, 0.717) is 24.4 Å². The lowest BCUT2D eigenvalue weighted by Crippen LogP contribution is -2.64. The second-order valence-electron chi connectivity index (χ2n) is 7.63. The van der Waals surface area contributed by atoms with Crippen LogP contribution in [0.25, 0.3) is 0 Å². The number of piperazine rings is 3. The number of sulfone groups is 1. The fourth-order valence-electron chi connectivity index (χ4n) is 3.80. The maximum Gasteiger partial charge on any atom is 0.191 e. The van der Waals surface area contributed by atoms with Gasteiger partial charge in [-0.3, -0.25) is 14.8 Å². The van der Waals surface area contributed by atoms with Gasteiger partial charge in [-0.15, -0.1) is 24.0 Å². The summed E-state index contributed by atoms with van der Waals surface area (Å²) in [5.41, 5.74) is 0. The summed E-state index contributed by atoms with van der Waals surface area (Å²) >= 11 is 0. The van der Waals surface area contributed by atoms with E-state index in [2.05, 4.69) is 39.3 Å². The molecule has 0 aromatic heterocycles. The molecule has 4 aliphatic heterocycles. The van der Waals surface area contributed by atoms with E-state index in [1.165, 1.54) is 13.1 Å². The Morgan fingerprint density at radius 3 is 2.48 bits per heavy atom. The van der Waals surface area contributed by atoms with Crippen LogP contribution in [0.15, 0.2) is 4.99 Å². The van der Waals surface area contributed by atoms with Gasteiger partial charge in [0.05, 0.1) is 11.5 Å². The van der Waals surface area contributed by atoms with E-state index in [-0.39, 0.29) is 35.6 Å². The van der Waals surface area contributed by atoms with Crippen LogP contribution in [0.2, 0.25) is 0 Å². The molecule has 146 valence electrons.